The summed E-state index contributed by atoms with van der Waals surface area (Å²) in [6.07, 6.45) is 0. The zero-order chi connectivity index (χ0) is 22.0. The third-order valence-electron chi connectivity index (χ3n) is 4.86. The van der Waals surface area contributed by atoms with Gasteiger partial charge in [0.15, 0.2) is 0 Å². The maximum atomic E-state index is 13.4. The van der Waals surface area contributed by atoms with Crippen LogP contribution < -0.4 is 11.0 Å². The molecule has 3 aromatic carbocycles. The molecule has 6 nitrogen and oxygen atoms in total. The van der Waals surface area contributed by atoms with Crippen LogP contribution in [0, 0.1) is 0 Å². The minimum Gasteiger partial charge on any atom is -0.506 e. The Morgan fingerprint density at radius 2 is 1.61 bits per heavy atom. The first-order valence-electron chi connectivity index (χ1n) is 9.50. The number of carbonyl (C=O) groups is 1. The molecule has 0 saturated carbocycles. The largest absolute Gasteiger partial charge is 0.506 e. The number of fused-ring (bicyclic) bond motifs is 1. The maximum Gasteiger partial charge on any atom is 0.271 e. The molecule has 0 spiro atoms. The van der Waals surface area contributed by atoms with E-state index < -0.39 is 11.5 Å². The number of hydrogen-bond acceptors (Lipinski definition) is 4. The molecule has 1 heterocycles. The highest BCUT2D eigenvalue weighted by Gasteiger charge is 2.19. The third kappa shape index (κ3) is 3.93. The van der Waals surface area contributed by atoms with E-state index in [4.69, 9.17) is 11.6 Å². The van der Waals surface area contributed by atoms with Crippen molar-refractivity contribution in [3.63, 3.8) is 0 Å². The average Bonchev–Trinajstić information content (AvgIpc) is 2.79. The second kappa shape index (κ2) is 8.45. The van der Waals surface area contributed by atoms with Crippen molar-refractivity contribution in [2.75, 3.05) is 0 Å². The smallest absolute Gasteiger partial charge is 0.271 e. The summed E-state index contributed by atoms with van der Waals surface area (Å²) in [5.74, 6) is -0.644. The zero-order valence-corrected chi connectivity index (χ0v) is 17.3. The number of hydrazone groups is 1. The van der Waals surface area contributed by atoms with Crippen molar-refractivity contribution in [2.45, 2.75) is 6.92 Å². The molecule has 1 aromatic heterocycles. The van der Waals surface area contributed by atoms with Crippen LogP contribution in [0.2, 0.25) is 5.02 Å². The number of hydrogen-bond donors (Lipinski definition) is 2. The van der Waals surface area contributed by atoms with Gasteiger partial charge in [-0.05, 0) is 55.5 Å². The maximum absolute atomic E-state index is 13.4. The summed E-state index contributed by atoms with van der Waals surface area (Å²) in [6, 6.07) is 22.5. The van der Waals surface area contributed by atoms with E-state index in [9.17, 15) is 14.7 Å². The minimum atomic E-state index is -0.459. The molecule has 154 valence electrons. The fourth-order valence-electron chi connectivity index (χ4n) is 3.34. The van der Waals surface area contributed by atoms with Gasteiger partial charge in [0.1, 0.15) is 11.3 Å². The molecule has 0 radical (unpaired) electrons. The quantitative estimate of drug-likeness (QED) is 0.368. The molecule has 31 heavy (non-hydrogen) atoms. The van der Waals surface area contributed by atoms with E-state index in [1.165, 1.54) is 4.57 Å². The predicted octanol–water partition coefficient (Wildman–Crippen LogP) is 4.50. The van der Waals surface area contributed by atoms with Crippen LogP contribution in [0.5, 0.6) is 5.75 Å². The summed E-state index contributed by atoms with van der Waals surface area (Å²) >= 11 is 5.85. The summed E-state index contributed by atoms with van der Waals surface area (Å²) in [5.41, 5.74) is 3.77. The Kier molecular flexibility index (Phi) is 5.56. The van der Waals surface area contributed by atoms with Crippen LogP contribution in [0.3, 0.4) is 0 Å². The van der Waals surface area contributed by atoms with Crippen molar-refractivity contribution in [1.29, 1.82) is 0 Å². The first-order chi connectivity index (χ1) is 15.0. The summed E-state index contributed by atoms with van der Waals surface area (Å²) in [4.78, 5) is 25.7. The lowest BCUT2D eigenvalue weighted by Crippen LogP contribution is -2.27. The molecule has 4 aromatic rings. The van der Waals surface area contributed by atoms with Crippen LogP contribution in [-0.4, -0.2) is 21.3 Å². The molecule has 4 rings (SSSR count). The fourth-order valence-corrected chi connectivity index (χ4v) is 3.47. The molecular weight excluding hydrogens is 414 g/mol. The number of nitrogens with zero attached hydrogens (tertiary/aromatic N) is 2. The van der Waals surface area contributed by atoms with Crippen LogP contribution >= 0.6 is 11.6 Å². The number of carbonyl (C=O) groups excluding carboxylic acids is 1. The first kappa shape index (κ1) is 20.4. The predicted molar refractivity (Wildman–Crippen MR) is 122 cm³/mol. The van der Waals surface area contributed by atoms with Crippen molar-refractivity contribution < 1.29 is 9.90 Å². The number of aromatic nitrogens is 1. The molecule has 0 unspecified atom stereocenters. The number of benzene rings is 3. The zero-order valence-electron chi connectivity index (χ0n) is 16.5. The van der Waals surface area contributed by atoms with Crippen LogP contribution in [0.25, 0.3) is 16.6 Å². The van der Waals surface area contributed by atoms with E-state index >= 15 is 0 Å². The number of para-hydroxylation sites is 2. The first-order valence-corrected chi connectivity index (χ1v) is 9.88. The number of aromatic hydroxyl groups is 1. The standard InChI is InChI=1S/C24H18ClN3O3/c1-15(26-27-23(30)16-11-13-17(25)14-12-16)21-22(29)19-9-5-6-10-20(19)28(24(21)31)18-7-3-2-4-8-18/h2-14,29H,1H3,(H,27,30)/b26-15+. The second-order valence-corrected chi connectivity index (χ2v) is 7.30. The van der Waals surface area contributed by atoms with E-state index in [0.29, 0.717) is 27.2 Å². The van der Waals surface area contributed by atoms with Crippen LogP contribution in [0.1, 0.15) is 22.8 Å². The molecule has 0 aliphatic heterocycles. The van der Waals surface area contributed by atoms with Crippen LogP contribution in [0.4, 0.5) is 0 Å². The highest BCUT2D eigenvalue weighted by Crippen LogP contribution is 2.28. The average molecular weight is 432 g/mol. The second-order valence-electron chi connectivity index (χ2n) is 6.86. The van der Waals surface area contributed by atoms with Gasteiger partial charge in [0.25, 0.3) is 11.5 Å². The monoisotopic (exact) mass is 431 g/mol. The van der Waals surface area contributed by atoms with Gasteiger partial charge in [0.2, 0.25) is 0 Å². The molecule has 0 fully saturated rings. The van der Waals surface area contributed by atoms with Crippen molar-refractivity contribution in [2.24, 2.45) is 5.10 Å². The molecule has 0 atom stereocenters. The number of halogens is 1. The van der Waals surface area contributed by atoms with Crippen molar-refractivity contribution in [3.8, 4) is 11.4 Å². The Morgan fingerprint density at radius 1 is 0.968 bits per heavy atom. The summed E-state index contributed by atoms with van der Waals surface area (Å²) < 4.78 is 1.52. The fraction of sp³-hybridized carbons (Fsp3) is 0.0417. The SMILES string of the molecule is C/C(=N\NC(=O)c1ccc(Cl)cc1)c1c(O)c2ccccc2n(-c2ccccc2)c1=O. The Morgan fingerprint density at radius 3 is 2.32 bits per heavy atom. The minimum absolute atomic E-state index is 0.0129. The molecule has 0 aliphatic carbocycles. The lowest BCUT2D eigenvalue weighted by Gasteiger charge is -2.15. The van der Waals surface area contributed by atoms with E-state index in [1.54, 1.807) is 55.5 Å². The Labute approximate surface area is 183 Å². The Hall–Kier alpha value is -3.90. The highest BCUT2D eigenvalue weighted by atomic mass is 35.5. The van der Waals surface area contributed by atoms with Gasteiger partial charge in [-0.15, -0.1) is 0 Å². The van der Waals surface area contributed by atoms with Gasteiger partial charge in [-0.25, -0.2) is 5.43 Å². The van der Waals surface area contributed by atoms with E-state index in [0.717, 1.165) is 0 Å². The van der Waals surface area contributed by atoms with E-state index in [2.05, 4.69) is 10.5 Å². The lowest BCUT2D eigenvalue weighted by molar-refractivity contribution is 0.0955. The van der Waals surface area contributed by atoms with Gasteiger partial charge in [0.05, 0.1) is 11.2 Å². The molecule has 0 aliphatic rings. The number of pyridine rings is 1. The molecule has 7 heteroatoms. The summed E-state index contributed by atoms with van der Waals surface area (Å²) in [6.45, 7) is 1.56. The van der Waals surface area contributed by atoms with Crippen molar-refractivity contribution in [1.82, 2.24) is 9.99 Å². The number of nitrogens with one attached hydrogen (secondary N) is 1. The van der Waals surface area contributed by atoms with E-state index in [1.807, 2.05) is 30.3 Å². The molecule has 0 bridgehead atoms. The Balaban J connectivity index is 1.82. The van der Waals surface area contributed by atoms with Crippen molar-refractivity contribution in [3.05, 3.63) is 105 Å². The van der Waals surface area contributed by atoms with Gasteiger partial charge in [-0.3, -0.25) is 14.2 Å². The molecule has 0 saturated heterocycles. The van der Waals surface area contributed by atoms with Gasteiger partial charge in [0, 0.05) is 21.7 Å². The van der Waals surface area contributed by atoms with Gasteiger partial charge >= 0.3 is 0 Å². The van der Waals surface area contributed by atoms with E-state index in [-0.39, 0.29) is 17.0 Å². The van der Waals surface area contributed by atoms with Gasteiger partial charge in [-0.1, -0.05) is 41.9 Å². The van der Waals surface area contributed by atoms with Crippen LogP contribution in [-0.2, 0) is 0 Å². The Bertz CT molecular complexity index is 1360. The lowest BCUT2D eigenvalue weighted by atomic mass is 10.1. The number of amides is 1. The van der Waals surface area contributed by atoms with Gasteiger partial charge < -0.3 is 5.11 Å². The van der Waals surface area contributed by atoms with Crippen LogP contribution in [0.15, 0.2) is 88.8 Å². The van der Waals surface area contributed by atoms with Crippen molar-refractivity contribution >= 4 is 34.1 Å². The number of rotatable bonds is 4. The normalized spacial score (nSPS) is 11.5. The molecule has 1 amide bonds. The molecular formula is C24H18ClN3O3. The third-order valence-corrected chi connectivity index (χ3v) is 5.11. The molecule has 2 N–H and O–H groups in total. The topological polar surface area (TPSA) is 83.7 Å². The summed E-state index contributed by atoms with van der Waals surface area (Å²) in [5, 5.41) is 15.9. The highest BCUT2D eigenvalue weighted by molar-refractivity contribution is 6.30. The van der Waals surface area contributed by atoms with Gasteiger partial charge in [-0.2, -0.15) is 5.10 Å². The summed E-state index contributed by atoms with van der Waals surface area (Å²) in [7, 11) is 0.